The van der Waals surface area contributed by atoms with E-state index in [4.69, 9.17) is 10.2 Å². The van der Waals surface area contributed by atoms with Crippen molar-refractivity contribution in [1.82, 2.24) is 9.62 Å². The van der Waals surface area contributed by atoms with E-state index in [2.05, 4.69) is 4.72 Å². The van der Waals surface area contributed by atoms with Crippen LogP contribution in [0.2, 0.25) is 0 Å². The number of nitrogens with zero attached hydrogens (tertiary/aromatic N) is 1. The van der Waals surface area contributed by atoms with E-state index in [0.29, 0.717) is 25.1 Å². The van der Waals surface area contributed by atoms with Gasteiger partial charge in [0.1, 0.15) is 11.5 Å². The molecular weight excluding hydrogens is 354 g/mol. The van der Waals surface area contributed by atoms with E-state index in [-0.39, 0.29) is 23.4 Å². The summed E-state index contributed by atoms with van der Waals surface area (Å²) in [6, 6.07) is 9.73. The summed E-state index contributed by atoms with van der Waals surface area (Å²) in [5, 5.41) is 0. The summed E-state index contributed by atoms with van der Waals surface area (Å²) in [5.41, 5.74) is 6.19. The van der Waals surface area contributed by atoms with E-state index in [1.165, 1.54) is 12.1 Å². The second-order valence-electron chi connectivity index (χ2n) is 6.49. The Morgan fingerprint density at radius 2 is 2.15 bits per heavy atom. The first-order valence-corrected chi connectivity index (χ1v) is 10.0. The number of furan rings is 1. The number of amides is 1. The maximum atomic E-state index is 12.5. The lowest BCUT2D eigenvalue weighted by Gasteiger charge is -2.16. The third-order valence-electron chi connectivity index (χ3n) is 4.36. The fourth-order valence-electron chi connectivity index (χ4n) is 2.96. The average Bonchev–Trinajstić information content (AvgIpc) is 3.22. The molecular formula is C18H23N3O4S. The monoisotopic (exact) mass is 377 g/mol. The van der Waals surface area contributed by atoms with Crippen LogP contribution in [0, 0.1) is 6.92 Å². The van der Waals surface area contributed by atoms with Crippen molar-refractivity contribution in [3.05, 3.63) is 53.5 Å². The molecule has 1 aromatic heterocycles. The summed E-state index contributed by atoms with van der Waals surface area (Å²) < 4.78 is 32.9. The molecule has 1 aliphatic rings. The predicted molar refractivity (Wildman–Crippen MR) is 97.3 cm³/mol. The number of carbonyl (C=O) groups excluding carboxylic acids is 1. The number of nitrogens with one attached hydrogen (secondary N) is 1. The second kappa shape index (κ2) is 7.61. The van der Waals surface area contributed by atoms with Crippen LogP contribution >= 0.6 is 0 Å². The van der Waals surface area contributed by atoms with Gasteiger partial charge in [0.2, 0.25) is 10.0 Å². The molecule has 1 aliphatic heterocycles. The van der Waals surface area contributed by atoms with E-state index in [1.807, 2.05) is 19.1 Å². The molecule has 8 heteroatoms. The molecule has 2 aromatic rings. The fourth-order valence-corrected chi connectivity index (χ4v) is 4.04. The number of nitrogens with two attached hydrogens (primary N) is 1. The minimum atomic E-state index is -3.70. The van der Waals surface area contributed by atoms with Crippen molar-refractivity contribution < 1.29 is 17.6 Å². The number of benzene rings is 1. The highest BCUT2D eigenvalue weighted by atomic mass is 32.2. The molecule has 0 aliphatic carbocycles. The Morgan fingerprint density at radius 1 is 1.35 bits per heavy atom. The van der Waals surface area contributed by atoms with Gasteiger partial charge in [-0.25, -0.2) is 13.1 Å². The van der Waals surface area contributed by atoms with Gasteiger partial charge in [-0.15, -0.1) is 0 Å². The lowest BCUT2D eigenvalue weighted by atomic mass is 10.2. The Morgan fingerprint density at radius 3 is 2.81 bits per heavy atom. The quantitative estimate of drug-likeness (QED) is 0.789. The number of rotatable bonds is 6. The SMILES string of the molecule is Cc1ccc(CCNS(=O)(=O)c2cccc(C(=O)N3CCC(N)C3)c2)o1. The van der Waals surface area contributed by atoms with Crippen LogP contribution < -0.4 is 10.5 Å². The number of carbonyl (C=O) groups is 1. The van der Waals surface area contributed by atoms with Crippen LogP contribution in [0.3, 0.4) is 0 Å². The van der Waals surface area contributed by atoms with Gasteiger partial charge in [0.15, 0.2) is 0 Å². The number of hydrogen-bond donors (Lipinski definition) is 2. The Balaban J connectivity index is 1.66. The fraction of sp³-hybridized carbons (Fsp3) is 0.389. The molecule has 1 fully saturated rings. The van der Waals surface area contributed by atoms with Gasteiger partial charge in [-0.1, -0.05) is 6.07 Å². The molecule has 0 spiro atoms. The predicted octanol–water partition coefficient (Wildman–Crippen LogP) is 1.28. The molecule has 140 valence electrons. The molecule has 2 heterocycles. The van der Waals surface area contributed by atoms with Crippen molar-refractivity contribution >= 4 is 15.9 Å². The van der Waals surface area contributed by atoms with Crippen molar-refractivity contribution in [3.63, 3.8) is 0 Å². The minimum Gasteiger partial charge on any atom is -0.466 e. The van der Waals surface area contributed by atoms with Crippen LogP contribution in [-0.2, 0) is 16.4 Å². The van der Waals surface area contributed by atoms with Crippen LogP contribution in [0.15, 0.2) is 45.7 Å². The van der Waals surface area contributed by atoms with Gasteiger partial charge >= 0.3 is 0 Å². The molecule has 3 rings (SSSR count). The summed E-state index contributed by atoms with van der Waals surface area (Å²) >= 11 is 0. The third-order valence-corrected chi connectivity index (χ3v) is 5.82. The van der Waals surface area contributed by atoms with E-state index < -0.39 is 10.0 Å². The molecule has 1 amide bonds. The summed E-state index contributed by atoms with van der Waals surface area (Å²) in [4.78, 5) is 14.2. The number of aryl methyl sites for hydroxylation is 1. The average molecular weight is 377 g/mol. The van der Waals surface area contributed by atoms with Crippen LogP contribution in [0.25, 0.3) is 0 Å². The Kier molecular flexibility index (Phi) is 5.45. The lowest BCUT2D eigenvalue weighted by molar-refractivity contribution is 0.0790. The zero-order chi connectivity index (χ0) is 18.7. The van der Waals surface area contributed by atoms with E-state index in [9.17, 15) is 13.2 Å². The number of sulfonamides is 1. The molecule has 7 nitrogen and oxygen atoms in total. The number of likely N-dealkylation sites (tertiary alicyclic amines) is 1. The largest absolute Gasteiger partial charge is 0.466 e. The molecule has 1 aromatic carbocycles. The van der Waals surface area contributed by atoms with Crippen molar-refractivity contribution in [2.45, 2.75) is 30.7 Å². The molecule has 0 saturated carbocycles. The van der Waals surface area contributed by atoms with Crippen LogP contribution in [-0.4, -0.2) is 44.9 Å². The van der Waals surface area contributed by atoms with E-state index in [0.717, 1.165) is 17.9 Å². The first-order chi connectivity index (χ1) is 12.3. The third kappa shape index (κ3) is 4.32. The molecule has 3 N–H and O–H groups in total. The Bertz CT molecular complexity index is 891. The second-order valence-corrected chi connectivity index (χ2v) is 8.25. The molecule has 1 saturated heterocycles. The molecule has 1 atom stereocenters. The van der Waals surface area contributed by atoms with Gasteiger partial charge in [0, 0.05) is 37.7 Å². The van der Waals surface area contributed by atoms with Gasteiger partial charge in [-0.2, -0.15) is 0 Å². The van der Waals surface area contributed by atoms with Gasteiger partial charge in [-0.05, 0) is 43.7 Å². The normalized spacial score (nSPS) is 17.6. The van der Waals surface area contributed by atoms with Gasteiger partial charge in [-0.3, -0.25) is 4.79 Å². The first-order valence-electron chi connectivity index (χ1n) is 8.55. The van der Waals surface area contributed by atoms with Crippen molar-refractivity contribution in [2.24, 2.45) is 5.73 Å². The number of hydrogen-bond acceptors (Lipinski definition) is 5. The highest BCUT2D eigenvalue weighted by Gasteiger charge is 2.25. The van der Waals surface area contributed by atoms with Crippen molar-refractivity contribution in [1.29, 1.82) is 0 Å². The van der Waals surface area contributed by atoms with Gasteiger partial charge < -0.3 is 15.1 Å². The van der Waals surface area contributed by atoms with E-state index in [1.54, 1.807) is 17.0 Å². The molecule has 0 radical (unpaired) electrons. The summed E-state index contributed by atoms with van der Waals surface area (Å²) in [7, 11) is -3.70. The summed E-state index contributed by atoms with van der Waals surface area (Å²) in [6.45, 7) is 3.15. The molecule has 0 bridgehead atoms. The van der Waals surface area contributed by atoms with Crippen LogP contribution in [0.4, 0.5) is 0 Å². The van der Waals surface area contributed by atoms with Crippen molar-refractivity contribution in [3.8, 4) is 0 Å². The van der Waals surface area contributed by atoms with Gasteiger partial charge in [0.25, 0.3) is 5.91 Å². The minimum absolute atomic E-state index is 0.0160. The topological polar surface area (TPSA) is 106 Å². The summed E-state index contributed by atoms with van der Waals surface area (Å²) in [5.74, 6) is 1.32. The van der Waals surface area contributed by atoms with Crippen LogP contribution in [0.5, 0.6) is 0 Å². The maximum absolute atomic E-state index is 12.5. The van der Waals surface area contributed by atoms with Gasteiger partial charge in [0.05, 0.1) is 4.90 Å². The lowest BCUT2D eigenvalue weighted by Crippen LogP contribution is -2.32. The Labute approximate surface area is 153 Å². The maximum Gasteiger partial charge on any atom is 0.253 e. The molecule has 1 unspecified atom stereocenters. The first kappa shape index (κ1) is 18.6. The standard InChI is InChI=1S/C18H23N3O4S/c1-13-5-6-16(25-13)7-9-20-26(23,24)17-4-2-3-14(11-17)18(22)21-10-8-15(19)12-21/h2-6,11,15,20H,7-10,12,19H2,1H3. The zero-order valence-corrected chi connectivity index (χ0v) is 15.5. The van der Waals surface area contributed by atoms with E-state index >= 15 is 0 Å². The van der Waals surface area contributed by atoms with Crippen molar-refractivity contribution in [2.75, 3.05) is 19.6 Å². The zero-order valence-electron chi connectivity index (χ0n) is 14.6. The Hall–Kier alpha value is -2.16. The highest BCUT2D eigenvalue weighted by molar-refractivity contribution is 7.89. The molecule has 26 heavy (non-hydrogen) atoms. The smallest absolute Gasteiger partial charge is 0.253 e. The summed E-state index contributed by atoms with van der Waals surface area (Å²) in [6.07, 6.45) is 1.22. The van der Waals surface area contributed by atoms with Crippen LogP contribution in [0.1, 0.15) is 28.3 Å². The highest BCUT2D eigenvalue weighted by Crippen LogP contribution is 2.16.